The predicted molar refractivity (Wildman–Crippen MR) is 58.8 cm³/mol. The Morgan fingerprint density at radius 2 is 2.31 bits per heavy atom. The second-order valence-electron chi connectivity index (χ2n) is 3.11. The lowest BCUT2D eigenvalue weighted by Gasteiger charge is -2.00. The third-order valence-corrected chi connectivity index (χ3v) is 3.83. The van der Waals surface area contributed by atoms with E-state index in [4.69, 9.17) is 0 Å². The van der Waals surface area contributed by atoms with Gasteiger partial charge in [0.2, 0.25) is 6.29 Å². The highest BCUT2D eigenvalue weighted by Gasteiger charge is 1.96. The summed E-state index contributed by atoms with van der Waals surface area (Å²) in [6.45, 7) is 4.20. The van der Waals surface area contributed by atoms with Crippen molar-refractivity contribution in [1.82, 2.24) is 0 Å². The summed E-state index contributed by atoms with van der Waals surface area (Å²) < 4.78 is 0. The average Bonchev–Trinajstić information content (AvgIpc) is 2.18. The molecule has 1 rings (SSSR count). The molecule has 67 valence electrons. The minimum atomic E-state index is -0.336. The quantitative estimate of drug-likeness (QED) is 0.645. The number of benzene rings is 1. The molecule has 0 bridgehead atoms. The first-order valence-corrected chi connectivity index (χ1v) is 5.76. The van der Waals surface area contributed by atoms with Gasteiger partial charge in [-0.1, -0.05) is 40.7 Å². The molecule has 1 aromatic rings. The first-order chi connectivity index (χ1) is 6.26. The van der Waals surface area contributed by atoms with E-state index in [2.05, 4.69) is 26.0 Å². The van der Waals surface area contributed by atoms with Gasteiger partial charge in [0.25, 0.3) is 0 Å². The predicted octanol–water partition coefficient (Wildman–Crippen LogP) is 0.862. The van der Waals surface area contributed by atoms with Crippen molar-refractivity contribution in [3.05, 3.63) is 41.1 Å². The molecule has 0 aliphatic rings. The molecule has 0 saturated carbocycles. The zero-order valence-corrected chi connectivity index (χ0v) is 9.42. The zero-order chi connectivity index (χ0) is 9.68. The third kappa shape index (κ3) is 2.99. The summed E-state index contributed by atoms with van der Waals surface area (Å²) in [7, 11) is -0.336. The minimum absolute atomic E-state index is 0.336. The molecule has 0 aliphatic heterocycles. The standard InChI is InChI=1S/C11H13OSi/c1-3-9(2)13-11-6-4-5-10(7-11)8-12/h3-7H,13H2,1-2H3/b9-3+. The molecule has 13 heavy (non-hydrogen) atoms. The molecule has 1 radical (unpaired) electrons. The molecule has 2 heteroatoms. The average molecular weight is 189 g/mol. The molecular weight excluding hydrogens is 176 g/mol. The zero-order valence-electron chi connectivity index (χ0n) is 8.00. The van der Waals surface area contributed by atoms with Gasteiger partial charge in [-0.05, 0) is 13.8 Å². The van der Waals surface area contributed by atoms with Crippen LogP contribution in [-0.4, -0.2) is 15.8 Å². The van der Waals surface area contributed by atoms with Crippen molar-refractivity contribution in [2.24, 2.45) is 0 Å². The fraction of sp³-hybridized carbons (Fsp3) is 0.182. The lowest BCUT2D eigenvalue weighted by Crippen LogP contribution is -2.15. The summed E-state index contributed by atoms with van der Waals surface area (Å²) in [5.41, 5.74) is 0.661. The molecule has 0 aliphatic carbocycles. The largest absolute Gasteiger partial charge is 0.285 e. The molecule has 0 spiro atoms. The maximum absolute atomic E-state index is 10.4. The van der Waals surface area contributed by atoms with E-state index in [-0.39, 0.29) is 9.52 Å². The van der Waals surface area contributed by atoms with Gasteiger partial charge in [-0.25, -0.2) is 0 Å². The fourth-order valence-electron chi connectivity index (χ4n) is 1.17. The highest BCUT2D eigenvalue weighted by Crippen LogP contribution is 1.94. The van der Waals surface area contributed by atoms with Crippen LogP contribution in [0.4, 0.5) is 0 Å². The van der Waals surface area contributed by atoms with Gasteiger partial charge in [0, 0.05) is 5.56 Å². The van der Waals surface area contributed by atoms with E-state index < -0.39 is 0 Å². The molecule has 0 unspecified atom stereocenters. The molecular formula is C11H13OSi. The number of hydrogen-bond acceptors (Lipinski definition) is 1. The van der Waals surface area contributed by atoms with Crippen molar-refractivity contribution < 1.29 is 4.79 Å². The first-order valence-electron chi connectivity index (χ1n) is 4.35. The van der Waals surface area contributed by atoms with Crippen LogP contribution in [0.2, 0.25) is 0 Å². The summed E-state index contributed by atoms with van der Waals surface area (Å²) in [4.78, 5) is 10.4. The summed E-state index contributed by atoms with van der Waals surface area (Å²) in [5.74, 6) is 0. The van der Waals surface area contributed by atoms with E-state index in [1.54, 1.807) is 6.07 Å². The normalized spacial score (nSPS) is 12.3. The fourth-order valence-corrected chi connectivity index (χ4v) is 2.59. The Hall–Kier alpha value is -1.15. The first kappa shape index (κ1) is 9.93. The topological polar surface area (TPSA) is 17.1 Å². The van der Waals surface area contributed by atoms with Crippen molar-refractivity contribution >= 4 is 21.0 Å². The Morgan fingerprint density at radius 1 is 1.54 bits per heavy atom. The van der Waals surface area contributed by atoms with E-state index >= 15 is 0 Å². The Morgan fingerprint density at radius 3 is 2.92 bits per heavy atom. The maximum Gasteiger partial charge on any atom is 0.233 e. The van der Waals surface area contributed by atoms with Gasteiger partial charge in [-0.3, -0.25) is 4.79 Å². The van der Waals surface area contributed by atoms with Crippen LogP contribution >= 0.6 is 0 Å². The van der Waals surface area contributed by atoms with E-state index in [0.29, 0.717) is 5.56 Å². The molecule has 0 fully saturated rings. The van der Waals surface area contributed by atoms with Crippen LogP contribution in [0.15, 0.2) is 35.5 Å². The third-order valence-electron chi connectivity index (χ3n) is 2.02. The smallest absolute Gasteiger partial charge is 0.233 e. The van der Waals surface area contributed by atoms with E-state index in [1.165, 1.54) is 10.4 Å². The molecule has 0 heterocycles. The van der Waals surface area contributed by atoms with Crippen LogP contribution < -0.4 is 5.19 Å². The maximum atomic E-state index is 10.4. The van der Waals surface area contributed by atoms with Gasteiger partial charge in [0.05, 0.1) is 9.52 Å². The monoisotopic (exact) mass is 189 g/mol. The van der Waals surface area contributed by atoms with Gasteiger partial charge < -0.3 is 0 Å². The molecule has 0 amide bonds. The summed E-state index contributed by atoms with van der Waals surface area (Å²) in [5, 5.41) is 2.75. The van der Waals surface area contributed by atoms with Crippen LogP contribution in [0.5, 0.6) is 0 Å². The highest BCUT2D eigenvalue weighted by molar-refractivity contribution is 6.60. The van der Waals surface area contributed by atoms with Crippen molar-refractivity contribution in [3.8, 4) is 0 Å². The highest BCUT2D eigenvalue weighted by atomic mass is 28.2. The molecule has 0 atom stereocenters. The summed E-state index contributed by atoms with van der Waals surface area (Å²) in [6, 6.07) is 7.73. The molecule has 0 aromatic heterocycles. The number of hydrogen-bond donors (Lipinski definition) is 0. The van der Waals surface area contributed by atoms with Gasteiger partial charge >= 0.3 is 0 Å². The molecule has 1 nitrogen and oxygen atoms in total. The Bertz CT molecular complexity index is 329. The Balaban J connectivity index is 2.83. The number of carbonyl (C=O) groups excluding carboxylic acids is 1. The lowest BCUT2D eigenvalue weighted by molar-refractivity contribution is 0.563. The molecule has 0 N–H and O–H groups in total. The second-order valence-corrected chi connectivity index (χ2v) is 5.40. The Labute approximate surface area is 81.3 Å². The van der Waals surface area contributed by atoms with Crippen molar-refractivity contribution in [2.45, 2.75) is 13.8 Å². The summed E-state index contributed by atoms with van der Waals surface area (Å²) >= 11 is 0. The van der Waals surface area contributed by atoms with E-state index in [1.807, 2.05) is 18.4 Å². The van der Waals surface area contributed by atoms with E-state index in [9.17, 15) is 4.79 Å². The van der Waals surface area contributed by atoms with Crippen LogP contribution in [-0.2, 0) is 4.79 Å². The minimum Gasteiger partial charge on any atom is -0.285 e. The number of allylic oxidation sites excluding steroid dienone is 2. The van der Waals surface area contributed by atoms with Crippen molar-refractivity contribution in [3.63, 3.8) is 0 Å². The molecule has 1 aromatic carbocycles. The van der Waals surface area contributed by atoms with Crippen molar-refractivity contribution in [1.29, 1.82) is 0 Å². The SMILES string of the molecule is C/C=C(\C)[SiH2]c1cccc([C]=O)c1. The van der Waals surface area contributed by atoms with Crippen LogP contribution in [0, 0.1) is 0 Å². The van der Waals surface area contributed by atoms with Crippen LogP contribution in [0.1, 0.15) is 19.4 Å². The Kier molecular flexibility index (Phi) is 3.64. The van der Waals surface area contributed by atoms with Crippen LogP contribution in [0.25, 0.3) is 0 Å². The number of rotatable bonds is 3. The van der Waals surface area contributed by atoms with Gasteiger partial charge in [-0.15, -0.1) is 0 Å². The summed E-state index contributed by atoms with van der Waals surface area (Å²) in [6.07, 6.45) is 4.05. The van der Waals surface area contributed by atoms with E-state index in [0.717, 1.165) is 0 Å². The van der Waals surface area contributed by atoms with Gasteiger partial charge in [-0.2, -0.15) is 0 Å². The van der Waals surface area contributed by atoms with Gasteiger partial charge in [0.1, 0.15) is 0 Å². The molecule has 0 saturated heterocycles. The van der Waals surface area contributed by atoms with Crippen LogP contribution in [0.3, 0.4) is 0 Å². The van der Waals surface area contributed by atoms with Crippen molar-refractivity contribution in [2.75, 3.05) is 0 Å². The van der Waals surface area contributed by atoms with Gasteiger partial charge in [0.15, 0.2) is 0 Å². The lowest BCUT2D eigenvalue weighted by atomic mass is 10.2. The second kappa shape index (κ2) is 4.77.